The van der Waals surface area contributed by atoms with Crippen molar-refractivity contribution >= 4 is 60.5 Å². The number of aryl methyl sites for hydroxylation is 1. The molecule has 4 aromatic rings. The Morgan fingerprint density at radius 2 is 2.21 bits per heavy atom. The number of halogens is 1. The van der Waals surface area contributed by atoms with Crippen molar-refractivity contribution in [3.05, 3.63) is 50.3 Å². The molecule has 9 heteroatoms. The van der Waals surface area contributed by atoms with Crippen LogP contribution in [0.5, 0.6) is 5.75 Å². The lowest BCUT2D eigenvalue weighted by Gasteiger charge is -2.22. The highest BCUT2D eigenvalue weighted by molar-refractivity contribution is 9.10. The molecule has 1 N–H and O–H groups in total. The van der Waals surface area contributed by atoms with E-state index in [2.05, 4.69) is 27.3 Å². The summed E-state index contributed by atoms with van der Waals surface area (Å²) in [5.41, 5.74) is 2.84. The molecule has 0 spiro atoms. The largest absolute Gasteiger partial charge is 0.497 e. The molecule has 0 bridgehead atoms. The van der Waals surface area contributed by atoms with Crippen LogP contribution in [0.3, 0.4) is 0 Å². The quantitative estimate of drug-likeness (QED) is 0.448. The normalized spacial score (nSPS) is 16.2. The molecule has 6 nitrogen and oxygen atoms in total. The molecule has 0 fully saturated rings. The van der Waals surface area contributed by atoms with Crippen LogP contribution in [0.2, 0.25) is 0 Å². The van der Waals surface area contributed by atoms with E-state index in [4.69, 9.17) is 14.8 Å². The van der Waals surface area contributed by atoms with Crippen molar-refractivity contribution in [2.45, 2.75) is 19.3 Å². The number of methoxy groups -OCH3 is 1. The molecule has 1 atom stereocenters. The van der Waals surface area contributed by atoms with Crippen molar-refractivity contribution in [3.8, 4) is 10.9 Å². The van der Waals surface area contributed by atoms with Gasteiger partial charge in [-0.25, -0.2) is 4.98 Å². The second kappa shape index (κ2) is 6.68. The van der Waals surface area contributed by atoms with Gasteiger partial charge >= 0.3 is 0 Å². The van der Waals surface area contributed by atoms with Crippen LogP contribution in [0.25, 0.3) is 15.3 Å². The van der Waals surface area contributed by atoms with Crippen molar-refractivity contribution in [2.24, 2.45) is 0 Å². The van der Waals surface area contributed by atoms with E-state index in [1.165, 1.54) is 11.3 Å². The van der Waals surface area contributed by atoms with Crippen molar-refractivity contribution in [3.63, 3.8) is 0 Å². The molecule has 0 saturated heterocycles. The number of nitrogens with zero attached hydrogens (tertiary/aromatic N) is 3. The molecular formula is C19H15BrN4O2S2. The average Bonchev–Trinajstić information content (AvgIpc) is 3.37. The summed E-state index contributed by atoms with van der Waals surface area (Å²) in [5, 5.41) is 10.5. The van der Waals surface area contributed by atoms with Crippen molar-refractivity contribution in [1.82, 2.24) is 14.8 Å². The highest BCUT2D eigenvalue weighted by atomic mass is 79.9. The predicted octanol–water partition coefficient (Wildman–Crippen LogP) is 5.10. The molecule has 1 aromatic carbocycles. The monoisotopic (exact) mass is 474 g/mol. The SMILES string of the molecule is COc1ccc2nc(-n3nc(C)c4c3NC(=O)CC4c3cc(Br)cs3)sc2c1. The number of carbonyl (C=O) groups is 1. The summed E-state index contributed by atoms with van der Waals surface area (Å²) >= 11 is 6.69. The highest BCUT2D eigenvalue weighted by Crippen LogP contribution is 2.43. The van der Waals surface area contributed by atoms with Crippen LogP contribution in [-0.2, 0) is 4.79 Å². The number of thiazole rings is 1. The number of hydrogen-bond donors (Lipinski definition) is 1. The minimum atomic E-state index is -0.00838. The van der Waals surface area contributed by atoms with Gasteiger partial charge in [-0.05, 0) is 47.1 Å². The molecule has 0 aliphatic carbocycles. The Labute approximate surface area is 177 Å². The van der Waals surface area contributed by atoms with Gasteiger partial charge in [0.25, 0.3) is 0 Å². The number of thiophene rings is 1. The van der Waals surface area contributed by atoms with Gasteiger partial charge in [-0.2, -0.15) is 9.78 Å². The molecule has 1 aliphatic heterocycles. The zero-order valence-electron chi connectivity index (χ0n) is 15.0. The zero-order chi connectivity index (χ0) is 19.4. The van der Waals surface area contributed by atoms with Crippen molar-refractivity contribution in [2.75, 3.05) is 12.4 Å². The van der Waals surface area contributed by atoms with E-state index in [0.717, 1.165) is 41.7 Å². The van der Waals surface area contributed by atoms with Crippen molar-refractivity contribution < 1.29 is 9.53 Å². The molecular weight excluding hydrogens is 460 g/mol. The number of hydrogen-bond acceptors (Lipinski definition) is 6. The number of benzene rings is 1. The predicted molar refractivity (Wildman–Crippen MR) is 115 cm³/mol. The van der Waals surface area contributed by atoms with E-state index < -0.39 is 0 Å². The Morgan fingerprint density at radius 1 is 1.36 bits per heavy atom. The van der Waals surface area contributed by atoms with E-state index in [1.807, 2.05) is 30.5 Å². The number of nitrogens with one attached hydrogen (secondary N) is 1. The van der Waals surface area contributed by atoms with Gasteiger partial charge < -0.3 is 10.1 Å². The van der Waals surface area contributed by atoms with Gasteiger partial charge in [0, 0.05) is 32.6 Å². The first-order valence-electron chi connectivity index (χ1n) is 8.61. The highest BCUT2D eigenvalue weighted by Gasteiger charge is 2.34. The minimum absolute atomic E-state index is 0.00303. The van der Waals surface area contributed by atoms with Crippen LogP contribution in [0.15, 0.2) is 34.1 Å². The van der Waals surface area contributed by atoms with Crippen LogP contribution >= 0.6 is 38.6 Å². The number of rotatable bonds is 3. The summed E-state index contributed by atoms with van der Waals surface area (Å²) in [4.78, 5) is 18.3. The van der Waals surface area contributed by atoms with Gasteiger partial charge in [-0.15, -0.1) is 11.3 Å². The average molecular weight is 475 g/mol. The van der Waals surface area contributed by atoms with E-state index in [9.17, 15) is 4.79 Å². The Balaban J connectivity index is 1.66. The number of carbonyl (C=O) groups excluding carboxylic acids is 1. The second-order valence-corrected chi connectivity index (χ2v) is 9.43. The Hall–Kier alpha value is -2.23. The third-order valence-electron chi connectivity index (χ3n) is 4.80. The fourth-order valence-corrected chi connectivity index (χ4v) is 6.06. The molecule has 0 saturated carbocycles. The number of aromatic nitrogens is 3. The fourth-order valence-electron chi connectivity index (χ4n) is 3.55. The van der Waals surface area contributed by atoms with E-state index in [1.54, 1.807) is 23.1 Å². The standard InChI is InChI=1S/C19H15BrN4O2S2/c1-9-17-12(14-5-10(20)8-27-14)7-16(25)22-18(17)24(23-9)19-21-13-4-3-11(26-2)6-15(13)28-19/h3-6,8,12H,7H2,1-2H3,(H,22,25). The third-order valence-corrected chi connectivity index (χ3v) is 7.60. The first kappa shape index (κ1) is 17.8. The van der Waals surface area contributed by atoms with E-state index in [-0.39, 0.29) is 11.8 Å². The molecule has 1 aliphatic rings. The maximum atomic E-state index is 12.5. The minimum Gasteiger partial charge on any atom is -0.497 e. The van der Waals surface area contributed by atoms with Gasteiger partial charge in [0.05, 0.1) is 23.0 Å². The topological polar surface area (TPSA) is 69.0 Å². The van der Waals surface area contributed by atoms with Crippen LogP contribution in [0.4, 0.5) is 5.82 Å². The molecule has 0 radical (unpaired) electrons. The lowest BCUT2D eigenvalue weighted by atomic mass is 9.91. The maximum absolute atomic E-state index is 12.5. The van der Waals surface area contributed by atoms with Crippen LogP contribution in [0.1, 0.15) is 28.5 Å². The summed E-state index contributed by atoms with van der Waals surface area (Å²) < 4.78 is 9.11. The molecule has 1 amide bonds. The van der Waals surface area contributed by atoms with E-state index in [0.29, 0.717) is 12.2 Å². The van der Waals surface area contributed by atoms with E-state index >= 15 is 0 Å². The van der Waals surface area contributed by atoms with Gasteiger partial charge in [0.2, 0.25) is 11.0 Å². The first-order valence-corrected chi connectivity index (χ1v) is 11.1. The third kappa shape index (κ3) is 2.85. The summed E-state index contributed by atoms with van der Waals surface area (Å²) in [6.45, 7) is 1.98. The first-order chi connectivity index (χ1) is 13.5. The number of amides is 1. The molecule has 1 unspecified atom stereocenters. The molecule has 5 rings (SSSR count). The number of anilines is 1. The zero-order valence-corrected chi connectivity index (χ0v) is 18.2. The number of fused-ring (bicyclic) bond motifs is 2. The summed E-state index contributed by atoms with van der Waals surface area (Å²) in [6, 6.07) is 7.87. The summed E-state index contributed by atoms with van der Waals surface area (Å²) in [7, 11) is 1.65. The number of ether oxygens (including phenoxy) is 1. The molecule has 28 heavy (non-hydrogen) atoms. The molecule has 4 heterocycles. The lowest BCUT2D eigenvalue weighted by Crippen LogP contribution is -2.24. The molecule has 3 aromatic heterocycles. The van der Waals surface area contributed by atoms with Crippen LogP contribution in [-0.4, -0.2) is 27.8 Å². The van der Waals surface area contributed by atoms with Gasteiger partial charge in [0.1, 0.15) is 11.6 Å². The Kier molecular flexibility index (Phi) is 4.26. The van der Waals surface area contributed by atoms with Crippen molar-refractivity contribution in [1.29, 1.82) is 0 Å². The smallest absolute Gasteiger partial charge is 0.226 e. The van der Waals surface area contributed by atoms with Crippen LogP contribution < -0.4 is 10.1 Å². The maximum Gasteiger partial charge on any atom is 0.226 e. The van der Waals surface area contributed by atoms with Gasteiger partial charge in [-0.1, -0.05) is 11.3 Å². The second-order valence-electron chi connectivity index (χ2n) is 6.56. The van der Waals surface area contributed by atoms with Crippen LogP contribution in [0, 0.1) is 6.92 Å². The Bertz CT molecular complexity index is 1230. The van der Waals surface area contributed by atoms with Gasteiger partial charge in [-0.3, -0.25) is 4.79 Å². The molecule has 142 valence electrons. The fraction of sp³-hybridized carbons (Fsp3) is 0.211. The van der Waals surface area contributed by atoms with Gasteiger partial charge in [0.15, 0.2) is 0 Å². The Morgan fingerprint density at radius 3 is 2.96 bits per heavy atom. The summed E-state index contributed by atoms with van der Waals surface area (Å²) in [5.74, 6) is 1.50. The summed E-state index contributed by atoms with van der Waals surface area (Å²) in [6.07, 6.45) is 0.420. The lowest BCUT2D eigenvalue weighted by molar-refractivity contribution is -0.116.